The molecule has 0 heteroatoms. The molecule has 1 aliphatic rings. The summed E-state index contributed by atoms with van der Waals surface area (Å²) >= 11 is 0. The molecule has 0 aliphatic heterocycles. The van der Waals surface area contributed by atoms with Gasteiger partial charge in [-0.25, -0.2) is 0 Å². The van der Waals surface area contributed by atoms with Gasteiger partial charge in [0.25, 0.3) is 0 Å². The molecule has 76 valence electrons. The minimum atomic E-state index is 1.18. The van der Waals surface area contributed by atoms with E-state index in [9.17, 15) is 0 Å². The van der Waals surface area contributed by atoms with Crippen molar-refractivity contribution in [1.82, 2.24) is 0 Å². The third-order valence-corrected chi connectivity index (χ3v) is 3.67. The fourth-order valence-electron chi connectivity index (χ4n) is 2.94. The van der Waals surface area contributed by atoms with E-state index >= 15 is 0 Å². The molecule has 0 bridgehead atoms. The Labute approximate surface area is 94.2 Å². The smallest absolute Gasteiger partial charge is 0.00302 e. The van der Waals surface area contributed by atoms with Crippen molar-refractivity contribution < 1.29 is 0 Å². The fourth-order valence-corrected chi connectivity index (χ4v) is 2.94. The van der Waals surface area contributed by atoms with Gasteiger partial charge in [0.1, 0.15) is 0 Å². The summed E-state index contributed by atoms with van der Waals surface area (Å²) in [6.45, 7) is 0. The van der Waals surface area contributed by atoms with Gasteiger partial charge in [-0.15, -0.1) is 0 Å². The zero-order valence-electron chi connectivity index (χ0n) is 9.03. The molecular formula is C16H12. The Hall–Kier alpha value is -1.82. The van der Waals surface area contributed by atoms with Crippen molar-refractivity contribution >= 4 is 27.6 Å². The third-order valence-electron chi connectivity index (χ3n) is 3.67. The van der Waals surface area contributed by atoms with Gasteiger partial charge in [-0.3, -0.25) is 0 Å². The second-order valence-corrected chi connectivity index (χ2v) is 4.58. The normalized spacial score (nSPS) is 14.2. The molecule has 3 aromatic rings. The van der Waals surface area contributed by atoms with E-state index in [0.717, 1.165) is 0 Å². The lowest BCUT2D eigenvalue weighted by Crippen LogP contribution is -2.09. The highest BCUT2D eigenvalue weighted by molar-refractivity contribution is 6.11. The van der Waals surface area contributed by atoms with E-state index in [1.165, 1.54) is 45.2 Å². The lowest BCUT2D eigenvalue weighted by Gasteiger charge is -2.14. The van der Waals surface area contributed by atoms with Gasteiger partial charge in [0.15, 0.2) is 0 Å². The van der Waals surface area contributed by atoms with E-state index in [1.54, 1.807) is 0 Å². The summed E-state index contributed by atoms with van der Waals surface area (Å²) in [7, 11) is 0. The Morgan fingerprint density at radius 3 is 2.44 bits per heavy atom. The number of rotatable bonds is 0. The quantitative estimate of drug-likeness (QED) is 0.526. The first-order chi connectivity index (χ1) is 7.93. The predicted octanol–water partition coefficient (Wildman–Crippen LogP) is 3.44. The van der Waals surface area contributed by atoms with E-state index in [1.807, 2.05) is 0 Å². The molecule has 0 saturated carbocycles. The maximum absolute atomic E-state index is 2.37. The van der Waals surface area contributed by atoms with Crippen LogP contribution in [0.1, 0.15) is 12.0 Å². The monoisotopic (exact) mass is 204 g/mol. The van der Waals surface area contributed by atoms with Crippen molar-refractivity contribution in [2.75, 3.05) is 0 Å². The number of hydrogen-bond donors (Lipinski definition) is 0. The van der Waals surface area contributed by atoms with E-state index in [4.69, 9.17) is 0 Å². The molecule has 4 rings (SSSR count). The van der Waals surface area contributed by atoms with Crippen molar-refractivity contribution in [3.63, 3.8) is 0 Å². The highest BCUT2D eigenvalue weighted by atomic mass is 14.1. The molecule has 0 fully saturated rings. The van der Waals surface area contributed by atoms with Crippen LogP contribution in [0.15, 0.2) is 42.5 Å². The molecule has 0 nitrogen and oxygen atoms in total. The van der Waals surface area contributed by atoms with Crippen LogP contribution >= 0.6 is 0 Å². The first-order valence-corrected chi connectivity index (χ1v) is 5.87. The molecule has 16 heavy (non-hydrogen) atoms. The van der Waals surface area contributed by atoms with Gasteiger partial charge < -0.3 is 0 Å². The van der Waals surface area contributed by atoms with E-state index in [-0.39, 0.29) is 0 Å². The van der Waals surface area contributed by atoms with Crippen molar-refractivity contribution in [2.24, 2.45) is 0 Å². The number of aryl methyl sites for hydroxylation is 1. The summed E-state index contributed by atoms with van der Waals surface area (Å²) in [5.74, 6) is 0. The standard InChI is InChI=1S/C16H12/c1-3-11-7-9-13-5-2-6-14-10-8-12(4-1)15(11)16(13)14/h1,3-5,7-10H,2,6H2. The van der Waals surface area contributed by atoms with E-state index < -0.39 is 0 Å². The predicted molar refractivity (Wildman–Crippen MR) is 69.5 cm³/mol. The van der Waals surface area contributed by atoms with Gasteiger partial charge in [0.05, 0.1) is 0 Å². The van der Waals surface area contributed by atoms with Crippen LogP contribution in [0.2, 0.25) is 0 Å². The minimum Gasteiger partial charge on any atom is -0.0763 e. The highest BCUT2D eigenvalue weighted by Gasteiger charge is 2.09. The van der Waals surface area contributed by atoms with Crippen molar-refractivity contribution in [3.8, 4) is 0 Å². The molecule has 0 spiro atoms. The summed E-state index contributed by atoms with van der Waals surface area (Å²) in [6.07, 6.45) is 4.74. The van der Waals surface area contributed by atoms with Crippen LogP contribution in [0.5, 0.6) is 0 Å². The largest absolute Gasteiger partial charge is 0.0763 e. The summed E-state index contributed by atoms with van der Waals surface area (Å²) in [6, 6.07) is 15.6. The average molecular weight is 204 g/mol. The molecule has 3 aromatic carbocycles. The summed E-state index contributed by atoms with van der Waals surface area (Å²) in [4.78, 5) is 0. The van der Waals surface area contributed by atoms with Crippen molar-refractivity contribution in [3.05, 3.63) is 53.2 Å². The Morgan fingerprint density at radius 2 is 1.56 bits per heavy atom. The van der Waals surface area contributed by atoms with Crippen LogP contribution in [0, 0.1) is 0 Å². The third kappa shape index (κ3) is 0.943. The van der Waals surface area contributed by atoms with Crippen LogP contribution in [0.3, 0.4) is 0 Å². The Morgan fingerprint density at radius 1 is 0.750 bits per heavy atom. The fraction of sp³-hybridized carbons (Fsp3) is 0.125. The Balaban J connectivity index is 2.45. The molecule has 0 unspecified atom stereocenters. The second-order valence-electron chi connectivity index (χ2n) is 4.58. The number of hydrogen-bond acceptors (Lipinski definition) is 0. The number of benzene rings is 3. The SMILES string of the molecule is C1=c2ccc3cccc4ccc(c2c43)CC1. The van der Waals surface area contributed by atoms with Gasteiger partial charge in [-0.05, 0) is 45.2 Å². The van der Waals surface area contributed by atoms with Gasteiger partial charge >= 0.3 is 0 Å². The van der Waals surface area contributed by atoms with Crippen LogP contribution in [0.25, 0.3) is 27.6 Å². The van der Waals surface area contributed by atoms with Gasteiger partial charge in [0.2, 0.25) is 0 Å². The first kappa shape index (κ1) is 8.35. The zero-order valence-corrected chi connectivity index (χ0v) is 9.03. The molecular weight excluding hydrogens is 192 g/mol. The van der Waals surface area contributed by atoms with Crippen LogP contribution in [0.4, 0.5) is 0 Å². The highest BCUT2D eigenvalue weighted by Crippen LogP contribution is 2.28. The second kappa shape index (κ2) is 2.85. The van der Waals surface area contributed by atoms with Gasteiger partial charge in [0, 0.05) is 0 Å². The topological polar surface area (TPSA) is 0 Å². The lowest BCUT2D eigenvalue weighted by molar-refractivity contribution is 1.04. The summed E-state index contributed by atoms with van der Waals surface area (Å²) in [5.41, 5.74) is 1.52. The van der Waals surface area contributed by atoms with E-state index in [2.05, 4.69) is 48.5 Å². The lowest BCUT2D eigenvalue weighted by atomic mass is 9.90. The summed E-state index contributed by atoms with van der Waals surface area (Å²) < 4.78 is 0. The molecule has 0 atom stereocenters. The molecule has 0 aromatic heterocycles. The zero-order chi connectivity index (χ0) is 10.5. The Kier molecular flexibility index (Phi) is 1.49. The van der Waals surface area contributed by atoms with Gasteiger partial charge in [-0.2, -0.15) is 0 Å². The maximum Gasteiger partial charge on any atom is -0.00302 e. The van der Waals surface area contributed by atoms with Crippen LogP contribution in [-0.2, 0) is 6.42 Å². The first-order valence-electron chi connectivity index (χ1n) is 5.87. The maximum atomic E-state index is 2.37. The molecule has 0 saturated heterocycles. The summed E-state index contributed by atoms with van der Waals surface area (Å²) in [5, 5.41) is 7.10. The minimum absolute atomic E-state index is 1.18. The van der Waals surface area contributed by atoms with Crippen LogP contribution < -0.4 is 5.22 Å². The molecule has 1 aliphatic carbocycles. The molecule has 0 radical (unpaired) electrons. The van der Waals surface area contributed by atoms with Crippen molar-refractivity contribution in [1.29, 1.82) is 0 Å². The van der Waals surface area contributed by atoms with Gasteiger partial charge in [-0.1, -0.05) is 48.5 Å². The molecule has 0 N–H and O–H groups in total. The van der Waals surface area contributed by atoms with Crippen LogP contribution in [-0.4, -0.2) is 0 Å². The van der Waals surface area contributed by atoms with Crippen molar-refractivity contribution in [2.45, 2.75) is 12.8 Å². The average Bonchev–Trinajstić information content (AvgIpc) is 2.36. The molecule has 0 amide bonds. The molecule has 0 heterocycles. The Bertz CT molecular complexity index is 735. The van der Waals surface area contributed by atoms with E-state index in [0.29, 0.717) is 0 Å².